The van der Waals surface area contributed by atoms with E-state index in [0.29, 0.717) is 0 Å². The second kappa shape index (κ2) is 8.89. The third-order valence-corrected chi connectivity index (χ3v) is 5.54. The van der Waals surface area contributed by atoms with Gasteiger partial charge in [0.2, 0.25) is 0 Å². The molecule has 0 radical (unpaired) electrons. The van der Waals surface area contributed by atoms with Crippen LogP contribution in [0, 0.1) is 11.3 Å². The predicted molar refractivity (Wildman–Crippen MR) is 103 cm³/mol. The lowest BCUT2D eigenvalue weighted by molar-refractivity contribution is -0.117. The highest BCUT2D eigenvalue weighted by Gasteiger charge is 2.17. The summed E-state index contributed by atoms with van der Waals surface area (Å²) in [4.78, 5) is 14.7. The molecular formula is C22H29N3O. The Morgan fingerprint density at radius 2 is 1.81 bits per heavy atom. The lowest BCUT2D eigenvalue weighted by Gasteiger charge is -2.21. The lowest BCUT2D eigenvalue weighted by Crippen LogP contribution is -2.29. The molecule has 3 rings (SSSR count). The van der Waals surface area contributed by atoms with Crippen LogP contribution in [0.4, 0.5) is 0 Å². The molecule has 1 amide bonds. The number of nitrogens with one attached hydrogen (secondary N) is 1. The van der Waals surface area contributed by atoms with Crippen molar-refractivity contribution < 1.29 is 4.79 Å². The summed E-state index contributed by atoms with van der Waals surface area (Å²) in [6, 6.07) is 8.52. The number of nitriles is 1. The molecule has 2 aliphatic rings. The third-order valence-electron chi connectivity index (χ3n) is 5.54. The highest BCUT2D eigenvalue weighted by Crippen LogP contribution is 2.25. The average Bonchev–Trinajstić information content (AvgIpc) is 2.94. The fraction of sp³-hybridized carbons (Fsp3) is 0.545. The minimum Gasteiger partial charge on any atom is -0.376 e. The molecule has 1 aliphatic heterocycles. The van der Waals surface area contributed by atoms with Crippen LogP contribution in [0.15, 0.2) is 30.0 Å². The second-order valence-electron chi connectivity index (χ2n) is 7.54. The van der Waals surface area contributed by atoms with Crippen LogP contribution in [-0.2, 0) is 17.6 Å². The van der Waals surface area contributed by atoms with Gasteiger partial charge in [-0.15, -0.1) is 0 Å². The first-order valence-corrected chi connectivity index (χ1v) is 9.96. The molecule has 1 N–H and O–H groups in total. The molecule has 4 heteroatoms. The quantitative estimate of drug-likeness (QED) is 0.658. The van der Waals surface area contributed by atoms with Gasteiger partial charge in [-0.1, -0.05) is 31.0 Å². The Morgan fingerprint density at radius 1 is 1.12 bits per heavy atom. The normalized spacial score (nSPS) is 19.1. The average molecular weight is 351 g/mol. The monoisotopic (exact) mass is 351 g/mol. The van der Waals surface area contributed by atoms with Gasteiger partial charge in [-0.25, -0.2) is 0 Å². The number of aryl methyl sites for hydroxylation is 2. The largest absolute Gasteiger partial charge is 0.376 e. The van der Waals surface area contributed by atoms with Crippen molar-refractivity contribution in [1.29, 1.82) is 5.26 Å². The SMILES string of the molecule is CC(NC(=O)/C(C#N)=C\N1CCCCCC1)c1ccc2c(c1)CCCC2. The molecule has 1 saturated heterocycles. The molecule has 1 heterocycles. The van der Waals surface area contributed by atoms with Gasteiger partial charge in [0.25, 0.3) is 5.91 Å². The molecule has 4 nitrogen and oxygen atoms in total. The maximum Gasteiger partial charge on any atom is 0.263 e. The van der Waals surface area contributed by atoms with Crippen molar-refractivity contribution in [2.24, 2.45) is 0 Å². The van der Waals surface area contributed by atoms with Gasteiger partial charge in [0, 0.05) is 19.3 Å². The smallest absolute Gasteiger partial charge is 0.263 e. The van der Waals surface area contributed by atoms with E-state index < -0.39 is 0 Å². The van der Waals surface area contributed by atoms with Crippen molar-refractivity contribution in [2.75, 3.05) is 13.1 Å². The van der Waals surface area contributed by atoms with Crippen LogP contribution < -0.4 is 5.32 Å². The highest BCUT2D eigenvalue weighted by molar-refractivity contribution is 5.97. The van der Waals surface area contributed by atoms with E-state index in [1.165, 1.54) is 36.8 Å². The number of carbonyl (C=O) groups excluding carboxylic acids is 1. The fourth-order valence-electron chi connectivity index (χ4n) is 3.93. The summed E-state index contributed by atoms with van der Waals surface area (Å²) >= 11 is 0. The Balaban J connectivity index is 1.66. The summed E-state index contributed by atoms with van der Waals surface area (Å²) in [5, 5.41) is 12.4. The maximum atomic E-state index is 12.6. The molecule has 0 aromatic heterocycles. The number of nitrogens with zero attached hydrogens (tertiary/aromatic N) is 2. The van der Waals surface area contributed by atoms with Gasteiger partial charge in [-0.2, -0.15) is 5.26 Å². The first-order chi connectivity index (χ1) is 12.7. The zero-order valence-electron chi connectivity index (χ0n) is 15.8. The van der Waals surface area contributed by atoms with Gasteiger partial charge in [-0.3, -0.25) is 4.79 Å². The van der Waals surface area contributed by atoms with Gasteiger partial charge < -0.3 is 10.2 Å². The Kier molecular flexibility index (Phi) is 6.33. The van der Waals surface area contributed by atoms with E-state index in [1.54, 1.807) is 6.20 Å². The standard InChI is InChI=1S/C22H29N3O/c1-17(19-11-10-18-8-4-5-9-20(18)14-19)24-22(26)21(15-23)16-25-12-6-2-3-7-13-25/h10-11,14,16-17H,2-9,12-13H2,1H3,(H,24,26)/b21-16-. The van der Waals surface area contributed by atoms with E-state index in [9.17, 15) is 10.1 Å². The predicted octanol–water partition coefficient (Wildman–Crippen LogP) is 4.03. The maximum absolute atomic E-state index is 12.6. The van der Waals surface area contributed by atoms with Crippen molar-refractivity contribution in [1.82, 2.24) is 10.2 Å². The molecule has 1 aromatic rings. The van der Waals surface area contributed by atoms with Gasteiger partial charge in [0.05, 0.1) is 6.04 Å². The Morgan fingerprint density at radius 3 is 2.50 bits per heavy atom. The zero-order valence-corrected chi connectivity index (χ0v) is 15.8. The Hall–Kier alpha value is -2.28. The van der Waals surface area contributed by atoms with Crippen LogP contribution in [0.1, 0.15) is 68.2 Å². The molecule has 1 aliphatic carbocycles. The topological polar surface area (TPSA) is 56.1 Å². The van der Waals surface area contributed by atoms with E-state index in [1.807, 2.05) is 6.92 Å². The van der Waals surface area contributed by atoms with E-state index in [4.69, 9.17) is 0 Å². The first kappa shape index (κ1) is 18.5. The molecule has 0 spiro atoms. The number of rotatable bonds is 4. The van der Waals surface area contributed by atoms with Gasteiger partial charge >= 0.3 is 0 Å². The zero-order chi connectivity index (χ0) is 18.4. The number of carbonyl (C=O) groups is 1. The minimum absolute atomic E-state index is 0.101. The number of hydrogen-bond donors (Lipinski definition) is 1. The summed E-state index contributed by atoms with van der Waals surface area (Å²) < 4.78 is 0. The van der Waals surface area contributed by atoms with Crippen LogP contribution >= 0.6 is 0 Å². The van der Waals surface area contributed by atoms with E-state index in [-0.39, 0.29) is 17.5 Å². The molecule has 1 unspecified atom stereocenters. The van der Waals surface area contributed by atoms with Crippen molar-refractivity contribution in [3.05, 3.63) is 46.7 Å². The van der Waals surface area contributed by atoms with Gasteiger partial charge in [-0.05, 0) is 62.1 Å². The van der Waals surface area contributed by atoms with Crippen molar-refractivity contribution >= 4 is 5.91 Å². The molecule has 26 heavy (non-hydrogen) atoms. The molecule has 0 saturated carbocycles. The minimum atomic E-state index is -0.276. The van der Waals surface area contributed by atoms with Crippen LogP contribution in [0.5, 0.6) is 0 Å². The summed E-state index contributed by atoms with van der Waals surface area (Å²) in [6.45, 7) is 3.85. The van der Waals surface area contributed by atoms with E-state index >= 15 is 0 Å². The fourth-order valence-corrected chi connectivity index (χ4v) is 3.93. The number of amides is 1. The second-order valence-corrected chi connectivity index (χ2v) is 7.54. The molecule has 1 atom stereocenters. The van der Waals surface area contributed by atoms with Crippen LogP contribution in [0.25, 0.3) is 0 Å². The Bertz CT molecular complexity index is 709. The van der Waals surface area contributed by atoms with Crippen molar-refractivity contribution in [3.63, 3.8) is 0 Å². The Labute approximate surface area is 156 Å². The molecule has 1 fully saturated rings. The van der Waals surface area contributed by atoms with Gasteiger partial charge in [0.15, 0.2) is 0 Å². The summed E-state index contributed by atoms with van der Waals surface area (Å²) in [7, 11) is 0. The first-order valence-electron chi connectivity index (χ1n) is 9.96. The highest BCUT2D eigenvalue weighted by atomic mass is 16.1. The van der Waals surface area contributed by atoms with E-state index in [0.717, 1.165) is 44.3 Å². The van der Waals surface area contributed by atoms with Crippen molar-refractivity contribution in [2.45, 2.75) is 64.3 Å². The number of fused-ring (bicyclic) bond motifs is 1. The van der Waals surface area contributed by atoms with Crippen LogP contribution in [0.3, 0.4) is 0 Å². The summed E-state index contributed by atoms with van der Waals surface area (Å²) in [6.07, 6.45) is 11.3. The molecular weight excluding hydrogens is 322 g/mol. The van der Waals surface area contributed by atoms with Crippen LogP contribution in [0.2, 0.25) is 0 Å². The summed E-state index contributed by atoms with van der Waals surface area (Å²) in [5.41, 5.74) is 4.18. The number of benzene rings is 1. The molecule has 0 bridgehead atoms. The van der Waals surface area contributed by atoms with Crippen molar-refractivity contribution in [3.8, 4) is 6.07 Å². The van der Waals surface area contributed by atoms with Gasteiger partial charge in [0.1, 0.15) is 11.6 Å². The lowest BCUT2D eigenvalue weighted by atomic mass is 9.89. The summed E-state index contributed by atoms with van der Waals surface area (Å²) in [5.74, 6) is -0.276. The van der Waals surface area contributed by atoms with E-state index in [2.05, 4.69) is 34.5 Å². The third kappa shape index (κ3) is 4.66. The van der Waals surface area contributed by atoms with Crippen LogP contribution in [-0.4, -0.2) is 23.9 Å². The number of hydrogen-bond acceptors (Lipinski definition) is 3. The number of likely N-dealkylation sites (tertiary alicyclic amines) is 1. The molecule has 1 aromatic carbocycles. The molecule has 138 valence electrons.